The van der Waals surface area contributed by atoms with Gasteiger partial charge >= 0.3 is 0 Å². The standard InChI is InChI=1S/2C10H20.C6H12/c2*1-3-5-7-9-10-8-6-4-2;1-3-5-6-4-2/h2*9-10H,3-8H2,1-2H3;3H,1,4-6H2,2H3/b10-9+;10-9-;. The molecule has 0 nitrogen and oxygen atoms in total. The summed E-state index contributed by atoms with van der Waals surface area (Å²) < 4.78 is 0. The van der Waals surface area contributed by atoms with Crippen LogP contribution in [0.15, 0.2) is 37.0 Å². The first kappa shape index (κ1) is 30.0. The molecule has 0 aliphatic carbocycles. The van der Waals surface area contributed by atoms with Crippen LogP contribution in [0.25, 0.3) is 0 Å². The van der Waals surface area contributed by atoms with Gasteiger partial charge < -0.3 is 0 Å². The summed E-state index contributed by atoms with van der Waals surface area (Å²) in [6.07, 6.45) is 30.8. The van der Waals surface area contributed by atoms with Gasteiger partial charge in [0.1, 0.15) is 0 Å². The fourth-order valence-corrected chi connectivity index (χ4v) is 2.11. The zero-order valence-corrected chi connectivity index (χ0v) is 19.2. The van der Waals surface area contributed by atoms with E-state index in [1.165, 1.54) is 96.3 Å². The average molecular weight is 365 g/mol. The number of hydrogen-bond donors (Lipinski definition) is 0. The van der Waals surface area contributed by atoms with Crippen molar-refractivity contribution in [1.29, 1.82) is 0 Å². The first-order chi connectivity index (χ1) is 12.7. The van der Waals surface area contributed by atoms with Crippen molar-refractivity contribution in [3.8, 4) is 0 Å². The predicted octanol–water partition coefficient (Wildman–Crippen LogP) is 10.2. The lowest BCUT2D eigenvalue weighted by molar-refractivity contribution is 0.793. The van der Waals surface area contributed by atoms with Crippen molar-refractivity contribution in [1.82, 2.24) is 0 Å². The van der Waals surface area contributed by atoms with E-state index in [4.69, 9.17) is 0 Å². The number of rotatable bonds is 15. The summed E-state index contributed by atoms with van der Waals surface area (Å²) in [5.41, 5.74) is 0. The second kappa shape index (κ2) is 35.4. The van der Waals surface area contributed by atoms with Crippen LogP contribution in [-0.2, 0) is 0 Å². The minimum Gasteiger partial charge on any atom is -0.103 e. The summed E-state index contributed by atoms with van der Waals surface area (Å²) in [5, 5.41) is 0. The number of allylic oxidation sites excluding steroid dienone is 5. The third-order valence-electron chi connectivity index (χ3n) is 3.99. The first-order valence-electron chi connectivity index (χ1n) is 11.7. The Labute approximate surface area is 168 Å². The molecule has 0 aromatic rings. The largest absolute Gasteiger partial charge is 0.103 e. The lowest BCUT2D eigenvalue weighted by Gasteiger charge is -1.89. The van der Waals surface area contributed by atoms with E-state index < -0.39 is 0 Å². The van der Waals surface area contributed by atoms with Gasteiger partial charge in [-0.3, -0.25) is 0 Å². The van der Waals surface area contributed by atoms with Gasteiger partial charge in [-0.25, -0.2) is 0 Å². The molecule has 26 heavy (non-hydrogen) atoms. The van der Waals surface area contributed by atoms with Crippen molar-refractivity contribution in [2.45, 2.75) is 131 Å². The van der Waals surface area contributed by atoms with Gasteiger partial charge in [0.05, 0.1) is 0 Å². The molecule has 0 heteroatoms. The summed E-state index contributed by atoms with van der Waals surface area (Å²) in [5.74, 6) is 0. The lowest BCUT2D eigenvalue weighted by Crippen LogP contribution is -1.69. The van der Waals surface area contributed by atoms with Crippen LogP contribution in [0.3, 0.4) is 0 Å². The van der Waals surface area contributed by atoms with Crippen LogP contribution in [-0.4, -0.2) is 0 Å². The molecule has 0 aromatic heterocycles. The smallest absolute Gasteiger partial charge is 0.0351 e. The first-order valence-corrected chi connectivity index (χ1v) is 11.7. The highest BCUT2D eigenvalue weighted by atomic mass is 13.9. The van der Waals surface area contributed by atoms with Crippen molar-refractivity contribution in [3.05, 3.63) is 37.0 Å². The van der Waals surface area contributed by atoms with Crippen molar-refractivity contribution in [2.24, 2.45) is 0 Å². The molecule has 156 valence electrons. The van der Waals surface area contributed by atoms with Crippen LogP contribution in [0.2, 0.25) is 0 Å². The van der Waals surface area contributed by atoms with Crippen LogP contribution < -0.4 is 0 Å². The Hall–Kier alpha value is -0.780. The zero-order valence-electron chi connectivity index (χ0n) is 19.2. The number of hydrogen-bond acceptors (Lipinski definition) is 0. The monoisotopic (exact) mass is 364 g/mol. The molecular formula is C26H52. The Morgan fingerprint density at radius 3 is 0.808 bits per heavy atom. The maximum atomic E-state index is 3.60. The second-order valence-electron chi connectivity index (χ2n) is 6.94. The van der Waals surface area contributed by atoms with E-state index in [1.54, 1.807) is 0 Å². The fraction of sp³-hybridized carbons (Fsp3) is 0.769. The topological polar surface area (TPSA) is 0 Å². The van der Waals surface area contributed by atoms with Crippen molar-refractivity contribution >= 4 is 0 Å². The Morgan fingerprint density at radius 1 is 0.423 bits per heavy atom. The van der Waals surface area contributed by atoms with Gasteiger partial charge in [-0.05, 0) is 32.1 Å². The zero-order chi connectivity index (χ0) is 20.1. The molecule has 0 fully saturated rings. The maximum Gasteiger partial charge on any atom is -0.0351 e. The molecule has 0 saturated heterocycles. The Bertz CT molecular complexity index is 217. The maximum absolute atomic E-state index is 3.60. The third kappa shape index (κ3) is 43.6. The third-order valence-corrected chi connectivity index (χ3v) is 3.99. The van der Waals surface area contributed by atoms with E-state index in [1.807, 2.05) is 6.08 Å². The molecule has 0 saturated carbocycles. The lowest BCUT2D eigenvalue weighted by atomic mass is 10.2. The van der Waals surface area contributed by atoms with Crippen molar-refractivity contribution in [2.75, 3.05) is 0 Å². The van der Waals surface area contributed by atoms with Gasteiger partial charge in [0.15, 0.2) is 0 Å². The number of unbranched alkanes of at least 4 members (excludes halogenated alkanes) is 10. The molecule has 0 aliphatic rings. The van der Waals surface area contributed by atoms with Crippen LogP contribution in [0.1, 0.15) is 131 Å². The van der Waals surface area contributed by atoms with E-state index in [9.17, 15) is 0 Å². The predicted molar refractivity (Wildman–Crippen MR) is 126 cm³/mol. The molecule has 0 bridgehead atoms. The molecule has 0 aliphatic heterocycles. The van der Waals surface area contributed by atoms with E-state index in [-0.39, 0.29) is 0 Å². The van der Waals surface area contributed by atoms with Gasteiger partial charge in [-0.15, -0.1) is 6.58 Å². The summed E-state index contributed by atoms with van der Waals surface area (Å²) in [6, 6.07) is 0. The Balaban J connectivity index is -0.000000316. The van der Waals surface area contributed by atoms with E-state index >= 15 is 0 Å². The molecule has 0 spiro atoms. The van der Waals surface area contributed by atoms with Crippen LogP contribution in [0, 0.1) is 0 Å². The van der Waals surface area contributed by atoms with Gasteiger partial charge in [0.2, 0.25) is 0 Å². The van der Waals surface area contributed by atoms with Gasteiger partial charge in [0.25, 0.3) is 0 Å². The molecule has 0 radical (unpaired) electrons. The summed E-state index contributed by atoms with van der Waals surface area (Å²) in [4.78, 5) is 0. The van der Waals surface area contributed by atoms with E-state index in [2.05, 4.69) is 65.5 Å². The molecule has 0 atom stereocenters. The second-order valence-corrected chi connectivity index (χ2v) is 6.94. The quantitative estimate of drug-likeness (QED) is 0.200. The van der Waals surface area contributed by atoms with Crippen molar-refractivity contribution in [3.63, 3.8) is 0 Å². The van der Waals surface area contributed by atoms with E-state index in [0.717, 1.165) is 0 Å². The summed E-state index contributed by atoms with van der Waals surface area (Å²) >= 11 is 0. The normalized spacial score (nSPS) is 10.3. The highest BCUT2D eigenvalue weighted by molar-refractivity contribution is 4.81. The molecule has 0 unspecified atom stereocenters. The van der Waals surface area contributed by atoms with Gasteiger partial charge in [0, 0.05) is 0 Å². The summed E-state index contributed by atoms with van der Waals surface area (Å²) in [6.45, 7) is 14.7. The molecule has 0 N–H and O–H groups in total. The van der Waals surface area contributed by atoms with Crippen LogP contribution >= 0.6 is 0 Å². The highest BCUT2D eigenvalue weighted by Gasteiger charge is 1.79. The molecule has 0 heterocycles. The summed E-state index contributed by atoms with van der Waals surface area (Å²) in [7, 11) is 0. The molecular weight excluding hydrogens is 312 g/mol. The highest BCUT2D eigenvalue weighted by Crippen LogP contribution is 2.00. The van der Waals surface area contributed by atoms with Crippen LogP contribution in [0.4, 0.5) is 0 Å². The van der Waals surface area contributed by atoms with Crippen LogP contribution in [0.5, 0.6) is 0 Å². The fourth-order valence-electron chi connectivity index (χ4n) is 2.11. The van der Waals surface area contributed by atoms with Gasteiger partial charge in [-0.2, -0.15) is 0 Å². The molecule has 0 aromatic carbocycles. The SMILES string of the molecule is C=CCCCC.CCCC/C=C/CCCC.CCCC/C=C\CCCC. The minimum atomic E-state index is 1.18. The minimum absolute atomic E-state index is 1.18. The van der Waals surface area contributed by atoms with Crippen molar-refractivity contribution < 1.29 is 0 Å². The average Bonchev–Trinajstić information content (AvgIpc) is 2.67. The Kier molecular flexibility index (Phi) is 40.7. The van der Waals surface area contributed by atoms with Gasteiger partial charge in [-0.1, -0.05) is 129 Å². The molecule has 0 rings (SSSR count). The Morgan fingerprint density at radius 2 is 0.654 bits per heavy atom. The van der Waals surface area contributed by atoms with E-state index in [0.29, 0.717) is 0 Å². The molecule has 0 amide bonds.